The lowest BCUT2D eigenvalue weighted by Crippen LogP contribution is -2.17. The fourth-order valence-electron chi connectivity index (χ4n) is 2.06. The minimum atomic E-state index is -0.258. The highest BCUT2D eigenvalue weighted by molar-refractivity contribution is 6.03. The van der Waals surface area contributed by atoms with Crippen LogP contribution in [0.25, 0.3) is 0 Å². The van der Waals surface area contributed by atoms with Gasteiger partial charge in [-0.1, -0.05) is 18.2 Å². The molecule has 1 aromatic carbocycles. The fraction of sp³-hybridized carbons (Fsp3) is 0.353. The summed E-state index contributed by atoms with van der Waals surface area (Å²) in [5.41, 5.74) is 2.09. The Morgan fingerprint density at radius 1 is 1.13 bits per heavy atom. The van der Waals surface area contributed by atoms with Crippen LogP contribution in [0.4, 0.5) is 11.5 Å². The van der Waals surface area contributed by atoms with Crippen LogP contribution in [0.5, 0.6) is 0 Å². The number of hydrogen-bond donors (Lipinski definition) is 2. The van der Waals surface area contributed by atoms with Crippen molar-refractivity contribution in [1.29, 1.82) is 0 Å². The average Bonchev–Trinajstić information content (AvgIpc) is 2.54. The summed E-state index contributed by atoms with van der Waals surface area (Å²) >= 11 is 0. The SMILES string of the molecule is Cc1ccccc1NC(=O)c1ccc(NCCCN(C)C)nn1. The van der Waals surface area contributed by atoms with Crippen molar-refractivity contribution in [2.45, 2.75) is 13.3 Å². The largest absolute Gasteiger partial charge is 0.369 e. The molecule has 0 saturated carbocycles. The molecule has 2 N–H and O–H groups in total. The zero-order chi connectivity index (χ0) is 16.7. The second kappa shape index (κ2) is 8.24. The zero-order valence-corrected chi connectivity index (χ0v) is 13.8. The van der Waals surface area contributed by atoms with E-state index in [4.69, 9.17) is 0 Å². The lowest BCUT2D eigenvalue weighted by atomic mass is 10.2. The summed E-state index contributed by atoms with van der Waals surface area (Å²) in [5.74, 6) is 0.419. The molecule has 0 aliphatic carbocycles. The molecule has 0 aliphatic rings. The highest BCUT2D eigenvalue weighted by Gasteiger charge is 2.09. The predicted octanol–water partition coefficient (Wildman–Crippen LogP) is 2.40. The standard InChI is InChI=1S/C17H23N5O/c1-13-7-4-5-8-14(13)19-17(23)15-9-10-16(21-20-15)18-11-6-12-22(2)3/h4-5,7-10H,6,11-12H2,1-3H3,(H,18,21)(H,19,23). The van der Waals surface area contributed by atoms with Crippen molar-refractivity contribution < 1.29 is 4.79 Å². The van der Waals surface area contributed by atoms with Crippen molar-refractivity contribution in [3.63, 3.8) is 0 Å². The van der Waals surface area contributed by atoms with Gasteiger partial charge in [0.05, 0.1) is 0 Å². The third kappa shape index (κ3) is 5.34. The normalized spacial score (nSPS) is 10.6. The van der Waals surface area contributed by atoms with E-state index in [0.29, 0.717) is 11.5 Å². The van der Waals surface area contributed by atoms with Crippen molar-refractivity contribution in [1.82, 2.24) is 15.1 Å². The minimum Gasteiger partial charge on any atom is -0.369 e. The molecular formula is C17H23N5O. The van der Waals surface area contributed by atoms with Gasteiger partial charge in [-0.25, -0.2) is 0 Å². The number of carbonyl (C=O) groups is 1. The lowest BCUT2D eigenvalue weighted by molar-refractivity contribution is 0.102. The zero-order valence-electron chi connectivity index (χ0n) is 13.8. The van der Waals surface area contributed by atoms with Gasteiger partial charge >= 0.3 is 0 Å². The summed E-state index contributed by atoms with van der Waals surface area (Å²) < 4.78 is 0. The molecule has 122 valence electrons. The summed E-state index contributed by atoms with van der Waals surface area (Å²) in [6, 6.07) is 11.1. The maximum Gasteiger partial charge on any atom is 0.276 e. The van der Waals surface area contributed by atoms with Gasteiger partial charge in [-0.05, 0) is 57.7 Å². The number of hydrogen-bond acceptors (Lipinski definition) is 5. The number of nitrogens with one attached hydrogen (secondary N) is 2. The first kappa shape index (κ1) is 16.9. The van der Waals surface area contributed by atoms with Gasteiger partial charge in [0, 0.05) is 12.2 Å². The molecule has 0 aliphatic heterocycles. The van der Waals surface area contributed by atoms with Crippen LogP contribution in [-0.4, -0.2) is 48.2 Å². The second-order valence-electron chi connectivity index (χ2n) is 5.66. The number of benzene rings is 1. The Morgan fingerprint density at radius 3 is 2.57 bits per heavy atom. The molecule has 6 heteroatoms. The molecule has 23 heavy (non-hydrogen) atoms. The molecule has 0 bridgehead atoms. The highest BCUT2D eigenvalue weighted by atomic mass is 16.1. The molecule has 0 fully saturated rings. The molecule has 1 aromatic heterocycles. The molecule has 0 radical (unpaired) electrons. The van der Waals surface area contributed by atoms with Crippen molar-refractivity contribution in [3.05, 3.63) is 47.7 Å². The molecular weight excluding hydrogens is 290 g/mol. The van der Waals surface area contributed by atoms with Gasteiger partial charge in [-0.2, -0.15) is 0 Å². The smallest absolute Gasteiger partial charge is 0.276 e. The number of para-hydroxylation sites is 1. The van der Waals surface area contributed by atoms with E-state index in [-0.39, 0.29) is 5.91 Å². The monoisotopic (exact) mass is 313 g/mol. The van der Waals surface area contributed by atoms with Crippen LogP contribution in [0.15, 0.2) is 36.4 Å². The highest BCUT2D eigenvalue weighted by Crippen LogP contribution is 2.14. The molecule has 0 saturated heterocycles. The van der Waals surface area contributed by atoms with Crippen LogP contribution in [0.1, 0.15) is 22.5 Å². The summed E-state index contributed by atoms with van der Waals surface area (Å²) in [6.45, 7) is 3.78. The summed E-state index contributed by atoms with van der Waals surface area (Å²) in [6.07, 6.45) is 1.02. The van der Waals surface area contributed by atoms with Gasteiger partial charge in [0.15, 0.2) is 5.69 Å². The number of amides is 1. The molecule has 2 rings (SSSR count). The van der Waals surface area contributed by atoms with E-state index in [0.717, 1.165) is 30.8 Å². The number of nitrogens with zero attached hydrogens (tertiary/aromatic N) is 3. The number of anilines is 2. The molecule has 0 spiro atoms. The maximum absolute atomic E-state index is 12.2. The van der Waals surface area contributed by atoms with Gasteiger partial charge in [-0.3, -0.25) is 4.79 Å². The van der Waals surface area contributed by atoms with E-state index in [9.17, 15) is 4.79 Å². The Balaban J connectivity index is 1.89. The molecule has 6 nitrogen and oxygen atoms in total. The van der Waals surface area contributed by atoms with E-state index in [1.165, 1.54) is 0 Å². The van der Waals surface area contributed by atoms with E-state index in [1.807, 2.05) is 45.3 Å². The van der Waals surface area contributed by atoms with Crippen LogP contribution < -0.4 is 10.6 Å². The third-order valence-electron chi connectivity index (χ3n) is 3.38. The fourth-order valence-corrected chi connectivity index (χ4v) is 2.06. The van der Waals surface area contributed by atoms with E-state index < -0.39 is 0 Å². The molecule has 0 atom stereocenters. The third-order valence-corrected chi connectivity index (χ3v) is 3.38. The first-order valence-corrected chi connectivity index (χ1v) is 7.65. The molecule has 2 aromatic rings. The first-order chi connectivity index (χ1) is 11.1. The van der Waals surface area contributed by atoms with Crippen molar-refractivity contribution in [3.8, 4) is 0 Å². The number of aryl methyl sites for hydroxylation is 1. The van der Waals surface area contributed by atoms with E-state index in [2.05, 4.69) is 25.7 Å². The maximum atomic E-state index is 12.2. The first-order valence-electron chi connectivity index (χ1n) is 7.65. The Hall–Kier alpha value is -2.47. The topological polar surface area (TPSA) is 70.2 Å². The minimum absolute atomic E-state index is 0.258. The van der Waals surface area contributed by atoms with Crippen LogP contribution >= 0.6 is 0 Å². The van der Waals surface area contributed by atoms with Gasteiger partial charge in [0.1, 0.15) is 5.82 Å². The lowest BCUT2D eigenvalue weighted by Gasteiger charge is -2.10. The van der Waals surface area contributed by atoms with Crippen LogP contribution in [-0.2, 0) is 0 Å². The Labute approximate surface area is 136 Å². The van der Waals surface area contributed by atoms with E-state index >= 15 is 0 Å². The Bertz CT molecular complexity index is 640. The number of rotatable bonds is 7. The van der Waals surface area contributed by atoms with Crippen LogP contribution in [0, 0.1) is 6.92 Å². The van der Waals surface area contributed by atoms with Gasteiger partial charge in [0.2, 0.25) is 0 Å². The summed E-state index contributed by atoms with van der Waals surface area (Å²) in [7, 11) is 4.09. The number of carbonyl (C=O) groups excluding carboxylic acids is 1. The van der Waals surface area contributed by atoms with E-state index in [1.54, 1.807) is 12.1 Å². The van der Waals surface area contributed by atoms with Gasteiger partial charge < -0.3 is 15.5 Å². The molecule has 1 amide bonds. The number of aromatic nitrogens is 2. The van der Waals surface area contributed by atoms with Crippen molar-refractivity contribution in [2.75, 3.05) is 37.8 Å². The average molecular weight is 313 g/mol. The predicted molar refractivity (Wildman–Crippen MR) is 92.8 cm³/mol. The quantitative estimate of drug-likeness (QED) is 0.768. The van der Waals surface area contributed by atoms with Crippen molar-refractivity contribution in [2.24, 2.45) is 0 Å². The van der Waals surface area contributed by atoms with Crippen LogP contribution in [0.2, 0.25) is 0 Å². The molecule has 1 heterocycles. The summed E-state index contributed by atoms with van der Waals surface area (Å²) in [5, 5.41) is 14.1. The van der Waals surface area contributed by atoms with Crippen molar-refractivity contribution >= 4 is 17.4 Å². The van der Waals surface area contributed by atoms with Crippen LogP contribution in [0.3, 0.4) is 0 Å². The molecule has 0 unspecified atom stereocenters. The second-order valence-corrected chi connectivity index (χ2v) is 5.66. The Morgan fingerprint density at radius 2 is 1.91 bits per heavy atom. The summed E-state index contributed by atoms with van der Waals surface area (Å²) in [4.78, 5) is 14.3. The van der Waals surface area contributed by atoms with Gasteiger partial charge in [-0.15, -0.1) is 10.2 Å². The van der Waals surface area contributed by atoms with Gasteiger partial charge in [0.25, 0.3) is 5.91 Å². The Kier molecular flexibility index (Phi) is 6.05.